The standard InChI is InChI=1S/C13H17FN2/c1-2-6-15-7-9-16-8-5-11-3-4-12(14)10-13(11)16/h2-4,10,15H,1,5-9H2. The summed E-state index contributed by atoms with van der Waals surface area (Å²) in [5.74, 6) is -0.148. The van der Waals surface area contributed by atoms with Crippen molar-refractivity contribution in [2.24, 2.45) is 0 Å². The van der Waals surface area contributed by atoms with Crippen molar-refractivity contribution in [3.05, 3.63) is 42.2 Å². The molecule has 2 rings (SSSR count). The van der Waals surface area contributed by atoms with E-state index >= 15 is 0 Å². The Morgan fingerprint density at radius 1 is 1.50 bits per heavy atom. The van der Waals surface area contributed by atoms with E-state index < -0.39 is 0 Å². The first kappa shape index (κ1) is 11.1. The molecule has 0 saturated heterocycles. The maximum absolute atomic E-state index is 13.1. The van der Waals surface area contributed by atoms with Gasteiger partial charge in [-0.25, -0.2) is 4.39 Å². The monoisotopic (exact) mass is 220 g/mol. The number of nitrogens with zero attached hydrogens (tertiary/aromatic N) is 1. The predicted octanol–water partition coefficient (Wildman–Crippen LogP) is 1.96. The van der Waals surface area contributed by atoms with Gasteiger partial charge >= 0.3 is 0 Å². The van der Waals surface area contributed by atoms with Gasteiger partial charge < -0.3 is 10.2 Å². The third-order valence-corrected chi connectivity index (χ3v) is 2.89. The van der Waals surface area contributed by atoms with Crippen LogP contribution < -0.4 is 10.2 Å². The molecule has 0 unspecified atom stereocenters. The molecule has 0 aromatic heterocycles. The first-order valence-corrected chi connectivity index (χ1v) is 5.66. The van der Waals surface area contributed by atoms with Gasteiger partial charge in [0, 0.05) is 31.9 Å². The third kappa shape index (κ3) is 2.42. The quantitative estimate of drug-likeness (QED) is 0.603. The summed E-state index contributed by atoms with van der Waals surface area (Å²) >= 11 is 0. The van der Waals surface area contributed by atoms with E-state index in [4.69, 9.17) is 0 Å². The Hall–Kier alpha value is -1.35. The van der Waals surface area contributed by atoms with Gasteiger partial charge in [-0.15, -0.1) is 6.58 Å². The Bertz CT molecular complexity index is 376. The number of nitrogens with one attached hydrogen (secondary N) is 1. The Morgan fingerprint density at radius 3 is 3.19 bits per heavy atom. The van der Waals surface area contributed by atoms with Crippen molar-refractivity contribution in [1.29, 1.82) is 0 Å². The van der Waals surface area contributed by atoms with Gasteiger partial charge in [0.1, 0.15) is 5.82 Å². The first-order valence-electron chi connectivity index (χ1n) is 5.66. The Morgan fingerprint density at radius 2 is 2.38 bits per heavy atom. The minimum absolute atomic E-state index is 0.148. The molecule has 0 fully saturated rings. The summed E-state index contributed by atoms with van der Waals surface area (Å²) in [5, 5.41) is 3.25. The summed E-state index contributed by atoms with van der Waals surface area (Å²) in [6.07, 6.45) is 2.87. The van der Waals surface area contributed by atoms with Crippen LogP contribution in [0.25, 0.3) is 0 Å². The number of halogens is 1. The lowest BCUT2D eigenvalue weighted by Gasteiger charge is -2.19. The zero-order chi connectivity index (χ0) is 11.4. The van der Waals surface area contributed by atoms with Crippen molar-refractivity contribution in [2.45, 2.75) is 6.42 Å². The minimum Gasteiger partial charge on any atom is -0.370 e. The van der Waals surface area contributed by atoms with Crippen LogP contribution in [-0.4, -0.2) is 26.2 Å². The molecule has 0 aliphatic carbocycles. The molecular formula is C13H17FN2. The van der Waals surface area contributed by atoms with Crippen LogP contribution in [0.15, 0.2) is 30.9 Å². The van der Waals surface area contributed by atoms with Gasteiger partial charge in [-0.1, -0.05) is 12.1 Å². The highest BCUT2D eigenvalue weighted by Gasteiger charge is 2.18. The minimum atomic E-state index is -0.148. The number of hydrogen-bond acceptors (Lipinski definition) is 2. The average molecular weight is 220 g/mol. The number of anilines is 1. The van der Waals surface area contributed by atoms with Gasteiger partial charge in [0.15, 0.2) is 0 Å². The number of benzene rings is 1. The van der Waals surface area contributed by atoms with Gasteiger partial charge in [0.05, 0.1) is 0 Å². The Labute approximate surface area is 95.8 Å². The second-order valence-corrected chi connectivity index (χ2v) is 4.00. The van der Waals surface area contributed by atoms with E-state index in [0.717, 1.165) is 38.3 Å². The number of hydrogen-bond donors (Lipinski definition) is 1. The van der Waals surface area contributed by atoms with Crippen LogP contribution in [-0.2, 0) is 6.42 Å². The molecule has 0 bridgehead atoms. The Kier molecular flexibility index (Phi) is 3.57. The lowest BCUT2D eigenvalue weighted by molar-refractivity contribution is 0.627. The molecule has 1 aliphatic rings. The topological polar surface area (TPSA) is 15.3 Å². The molecule has 1 aliphatic heterocycles. The summed E-state index contributed by atoms with van der Waals surface area (Å²) in [5.41, 5.74) is 2.31. The van der Waals surface area contributed by atoms with Crippen molar-refractivity contribution in [1.82, 2.24) is 5.32 Å². The summed E-state index contributed by atoms with van der Waals surface area (Å²) in [6, 6.07) is 5.07. The SMILES string of the molecule is C=CCNCCN1CCc2ccc(F)cc21. The van der Waals surface area contributed by atoms with E-state index in [9.17, 15) is 4.39 Å². The van der Waals surface area contributed by atoms with Crippen LogP contribution >= 0.6 is 0 Å². The van der Waals surface area contributed by atoms with Crippen LogP contribution in [0.1, 0.15) is 5.56 Å². The zero-order valence-electron chi connectivity index (χ0n) is 9.38. The molecule has 1 aromatic carbocycles. The smallest absolute Gasteiger partial charge is 0.125 e. The molecule has 0 radical (unpaired) electrons. The van der Waals surface area contributed by atoms with Gasteiger partial charge in [0.25, 0.3) is 0 Å². The molecule has 0 saturated carbocycles. The van der Waals surface area contributed by atoms with Crippen molar-refractivity contribution in [2.75, 3.05) is 31.1 Å². The highest BCUT2D eigenvalue weighted by Crippen LogP contribution is 2.27. The molecule has 0 spiro atoms. The van der Waals surface area contributed by atoms with Gasteiger partial charge in [-0.05, 0) is 24.1 Å². The van der Waals surface area contributed by atoms with Crippen LogP contribution in [0.5, 0.6) is 0 Å². The van der Waals surface area contributed by atoms with Crippen molar-refractivity contribution < 1.29 is 4.39 Å². The Balaban J connectivity index is 1.94. The molecule has 0 amide bonds. The molecule has 86 valence electrons. The highest BCUT2D eigenvalue weighted by atomic mass is 19.1. The molecule has 3 heteroatoms. The lowest BCUT2D eigenvalue weighted by atomic mass is 10.2. The van der Waals surface area contributed by atoms with Crippen molar-refractivity contribution >= 4 is 5.69 Å². The zero-order valence-corrected chi connectivity index (χ0v) is 9.38. The molecule has 1 aromatic rings. The van der Waals surface area contributed by atoms with Crippen LogP contribution in [0.2, 0.25) is 0 Å². The maximum Gasteiger partial charge on any atom is 0.125 e. The second kappa shape index (κ2) is 5.12. The van der Waals surface area contributed by atoms with Crippen LogP contribution in [0, 0.1) is 5.82 Å². The van der Waals surface area contributed by atoms with Crippen molar-refractivity contribution in [3.63, 3.8) is 0 Å². The van der Waals surface area contributed by atoms with Gasteiger partial charge in [-0.2, -0.15) is 0 Å². The predicted molar refractivity (Wildman–Crippen MR) is 65.4 cm³/mol. The van der Waals surface area contributed by atoms with Gasteiger partial charge in [-0.3, -0.25) is 0 Å². The van der Waals surface area contributed by atoms with E-state index in [2.05, 4.69) is 16.8 Å². The molecular weight excluding hydrogens is 203 g/mol. The average Bonchev–Trinajstić information content (AvgIpc) is 2.67. The van der Waals surface area contributed by atoms with E-state index in [1.54, 1.807) is 6.07 Å². The van der Waals surface area contributed by atoms with Crippen LogP contribution in [0.4, 0.5) is 10.1 Å². The normalized spacial score (nSPS) is 13.9. The fourth-order valence-electron chi connectivity index (χ4n) is 2.07. The third-order valence-electron chi connectivity index (χ3n) is 2.89. The highest BCUT2D eigenvalue weighted by molar-refractivity contribution is 5.58. The van der Waals surface area contributed by atoms with Crippen LogP contribution in [0.3, 0.4) is 0 Å². The summed E-state index contributed by atoms with van der Waals surface area (Å²) < 4.78 is 13.1. The molecule has 1 N–H and O–H groups in total. The lowest BCUT2D eigenvalue weighted by Crippen LogP contribution is -2.30. The second-order valence-electron chi connectivity index (χ2n) is 4.00. The summed E-state index contributed by atoms with van der Waals surface area (Å²) in [6.45, 7) is 7.30. The van der Waals surface area contributed by atoms with E-state index in [1.807, 2.05) is 12.1 Å². The summed E-state index contributed by atoms with van der Waals surface area (Å²) in [7, 11) is 0. The fourth-order valence-corrected chi connectivity index (χ4v) is 2.07. The molecule has 16 heavy (non-hydrogen) atoms. The molecule has 0 atom stereocenters. The molecule has 1 heterocycles. The maximum atomic E-state index is 13.1. The van der Waals surface area contributed by atoms with E-state index in [-0.39, 0.29) is 5.82 Å². The van der Waals surface area contributed by atoms with Gasteiger partial charge in [0.2, 0.25) is 0 Å². The molecule has 2 nitrogen and oxygen atoms in total. The van der Waals surface area contributed by atoms with E-state index in [1.165, 1.54) is 11.6 Å². The number of rotatable bonds is 5. The number of fused-ring (bicyclic) bond motifs is 1. The van der Waals surface area contributed by atoms with E-state index in [0.29, 0.717) is 0 Å². The summed E-state index contributed by atoms with van der Waals surface area (Å²) in [4.78, 5) is 2.23. The fraction of sp³-hybridized carbons (Fsp3) is 0.385. The largest absolute Gasteiger partial charge is 0.370 e. The first-order chi connectivity index (χ1) is 7.81. The van der Waals surface area contributed by atoms with Crippen molar-refractivity contribution in [3.8, 4) is 0 Å².